The van der Waals surface area contributed by atoms with Gasteiger partial charge in [-0.05, 0) is 6.92 Å². The molecule has 104 valence electrons. The molecule has 11 nitrogen and oxygen atoms in total. The lowest BCUT2D eigenvalue weighted by atomic mass is 10.2. The third-order valence-electron chi connectivity index (χ3n) is 2.11. The van der Waals surface area contributed by atoms with Crippen LogP contribution in [0.4, 0.5) is 4.79 Å². The van der Waals surface area contributed by atoms with Crippen molar-refractivity contribution in [1.82, 2.24) is 31.3 Å². The first kappa shape index (κ1) is 14.3. The average molecular weight is 271 g/mol. The molecule has 0 aromatic carbocycles. The van der Waals surface area contributed by atoms with Crippen molar-refractivity contribution in [1.29, 1.82) is 0 Å². The monoisotopic (exact) mass is 271 g/mol. The molecule has 2 atom stereocenters. The second-order valence-corrected chi connectivity index (χ2v) is 3.67. The van der Waals surface area contributed by atoms with Crippen molar-refractivity contribution in [3.63, 3.8) is 0 Å². The number of amides is 3. The third-order valence-corrected chi connectivity index (χ3v) is 2.11. The number of hydrogen-bond acceptors (Lipinski definition) is 6. The van der Waals surface area contributed by atoms with Crippen LogP contribution in [-0.4, -0.2) is 49.7 Å². The Labute approximate surface area is 106 Å². The molecule has 19 heavy (non-hydrogen) atoms. The van der Waals surface area contributed by atoms with Gasteiger partial charge in [-0.25, -0.2) is 9.59 Å². The molecular formula is C8H13N7O4. The Morgan fingerprint density at radius 3 is 2.58 bits per heavy atom. The molecule has 0 fully saturated rings. The zero-order valence-electron chi connectivity index (χ0n) is 9.95. The van der Waals surface area contributed by atoms with Gasteiger partial charge in [-0.1, -0.05) is 5.21 Å². The Morgan fingerprint density at radius 1 is 1.42 bits per heavy atom. The van der Waals surface area contributed by atoms with Crippen LogP contribution in [0.2, 0.25) is 0 Å². The summed E-state index contributed by atoms with van der Waals surface area (Å²) in [5.41, 5.74) is 4.88. The predicted molar refractivity (Wildman–Crippen MR) is 59.5 cm³/mol. The maximum absolute atomic E-state index is 11.5. The number of primary amides is 1. The fourth-order valence-electron chi connectivity index (χ4n) is 1.22. The van der Waals surface area contributed by atoms with Crippen molar-refractivity contribution in [3.05, 3.63) is 5.82 Å². The van der Waals surface area contributed by atoms with E-state index in [1.165, 1.54) is 0 Å². The van der Waals surface area contributed by atoms with Crippen molar-refractivity contribution in [2.45, 2.75) is 25.4 Å². The first-order chi connectivity index (χ1) is 8.90. The molecule has 0 aliphatic carbocycles. The van der Waals surface area contributed by atoms with E-state index >= 15 is 0 Å². The zero-order valence-corrected chi connectivity index (χ0v) is 9.95. The highest BCUT2D eigenvalue weighted by Crippen LogP contribution is 2.02. The van der Waals surface area contributed by atoms with Crippen molar-refractivity contribution < 1.29 is 19.5 Å². The van der Waals surface area contributed by atoms with E-state index in [2.05, 4.69) is 31.3 Å². The summed E-state index contributed by atoms with van der Waals surface area (Å²) < 4.78 is 0. The Balaban J connectivity index is 2.53. The van der Waals surface area contributed by atoms with Crippen LogP contribution in [0.25, 0.3) is 0 Å². The smallest absolute Gasteiger partial charge is 0.326 e. The van der Waals surface area contributed by atoms with Gasteiger partial charge in [-0.2, -0.15) is 5.21 Å². The molecule has 0 saturated heterocycles. The minimum Gasteiger partial charge on any atom is -0.480 e. The summed E-state index contributed by atoms with van der Waals surface area (Å²) in [6.45, 7) is 1.58. The molecule has 1 heterocycles. The van der Waals surface area contributed by atoms with E-state index in [1.54, 1.807) is 6.92 Å². The third kappa shape index (κ3) is 4.57. The van der Waals surface area contributed by atoms with Crippen LogP contribution in [-0.2, 0) is 9.59 Å². The molecule has 0 saturated carbocycles. The lowest BCUT2D eigenvalue weighted by Gasteiger charge is -2.15. The number of aromatic amines is 1. The summed E-state index contributed by atoms with van der Waals surface area (Å²) in [7, 11) is 0. The van der Waals surface area contributed by atoms with Crippen LogP contribution in [0, 0.1) is 0 Å². The quantitative estimate of drug-likeness (QED) is 0.393. The van der Waals surface area contributed by atoms with Crippen LogP contribution >= 0.6 is 0 Å². The minimum absolute atomic E-state index is 0.233. The highest BCUT2D eigenvalue weighted by atomic mass is 16.4. The highest BCUT2D eigenvalue weighted by Gasteiger charge is 2.23. The molecular weight excluding hydrogens is 258 g/mol. The van der Waals surface area contributed by atoms with E-state index in [9.17, 15) is 14.4 Å². The van der Waals surface area contributed by atoms with Gasteiger partial charge in [-0.3, -0.25) is 4.79 Å². The maximum Gasteiger partial charge on any atom is 0.326 e. The topological polar surface area (TPSA) is 176 Å². The number of carboxylic acid groups (broad SMARTS) is 1. The lowest BCUT2D eigenvalue weighted by molar-refractivity contribution is -0.140. The van der Waals surface area contributed by atoms with Crippen LogP contribution in [0.5, 0.6) is 0 Å². The summed E-state index contributed by atoms with van der Waals surface area (Å²) in [5.74, 6) is -1.96. The van der Waals surface area contributed by atoms with Crippen molar-refractivity contribution >= 4 is 17.9 Å². The molecule has 1 unspecified atom stereocenters. The number of tetrazole rings is 1. The van der Waals surface area contributed by atoms with E-state index in [4.69, 9.17) is 10.8 Å². The van der Waals surface area contributed by atoms with E-state index in [1.807, 2.05) is 0 Å². The summed E-state index contributed by atoms with van der Waals surface area (Å²) in [6.07, 6.45) is -0.501. The molecule has 1 rings (SSSR count). The zero-order chi connectivity index (χ0) is 14.4. The molecule has 0 aliphatic heterocycles. The first-order valence-electron chi connectivity index (χ1n) is 5.21. The van der Waals surface area contributed by atoms with Gasteiger partial charge in [0.25, 0.3) is 0 Å². The second kappa shape index (κ2) is 6.28. The largest absolute Gasteiger partial charge is 0.480 e. The van der Waals surface area contributed by atoms with Crippen molar-refractivity contribution in [2.75, 3.05) is 0 Å². The number of nitrogens with one attached hydrogen (secondary N) is 3. The Morgan fingerprint density at radius 2 is 2.11 bits per heavy atom. The molecule has 1 aromatic rings. The molecule has 6 N–H and O–H groups in total. The molecule has 1 aromatic heterocycles. The predicted octanol–water partition coefficient (Wildman–Crippen LogP) is -2.11. The van der Waals surface area contributed by atoms with Gasteiger partial charge in [0.15, 0.2) is 5.82 Å². The number of nitrogens with two attached hydrogens (primary N) is 1. The van der Waals surface area contributed by atoms with Gasteiger partial charge >= 0.3 is 12.0 Å². The van der Waals surface area contributed by atoms with Crippen LogP contribution in [0.15, 0.2) is 0 Å². The standard InChI is InChI=1S/C8H13N7O4/c1-3(6-12-14-15-13-6)10-8(19)11-4(7(17)18)2-5(9)16/h3-4H,2H2,1H3,(H2,9,16)(H,17,18)(H2,10,11,19)(H,12,13,14,15)/t3?,4-/m1/s1. The fraction of sp³-hybridized carbons (Fsp3) is 0.500. The van der Waals surface area contributed by atoms with Crippen molar-refractivity contribution in [2.24, 2.45) is 5.73 Å². The van der Waals surface area contributed by atoms with Crippen LogP contribution in [0.3, 0.4) is 0 Å². The Hall–Kier alpha value is -2.72. The summed E-state index contributed by atoms with van der Waals surface area (Å²) in [6, 6.07) is -2.76. The van der Waals surface area contributed by atoms with Gasteiger partial charge in [0.2, 0.25) is 5.91 Å². The number of aromatic nitrogens is 4. The van der Waals surface area contributed by atoms with Gasteiger partial charge in [0.1, 0.15) is 6.04 Å². The van der Waals surface area contributed by atoms with E-state index in [0.717, 1.165) is 0 Å². The molecule has 11 heteroatoms. The maximum atomic E-state index is 11.5. The van der Waals surface area contributed by atoms with Gasteiger partial charge in [0, 0.05) is 0 Å². The number of aliphatic carboxylic acids is 1. The molecule has 3 amide bonds. The molecule has 0 bridgehead atoms. The summed E-state index contributed by atoms with van der Waals surface area (Å²) in [4.78, 5) is 33.0. The van der Waals surface area contributed by atoms with E-state index in [-0.39, 0.29) is 5.82 Å². The Kier molecular flexibility index (Phi) is 4.74. The lowest BCUT2D eigenvalue weighted by Crippen LogP contribution is -2.48. The minimum atomic E-state index is -1.39. The van der Waals surface area contributed by atoms with Crippen LogP contribution in [0.1, 0.15) is 25.2 Å². The summed E-state index contributed by atoms with van der Waals surface area (Å²) >= 11 is 0. The number of H-pyrrole nitrogens is 1. The highest BCUT2D eigenvalue weighted by molar-refractivity contribution is 5.87. The molecule has 0 aliphatic rings. The number of hydrogen-bond donors (Lipinski definition) is 5. The molecule has 0 radical (unpaired) electrons. The Bertz CT molecular complexity index is 460. The van der Waals surface area contributed by atoms with E-state index in [0.29, 0.717) is 0 Å². The number of nitrogens with zero attached hydrogens (tertiary/aromatic N) is 3. The molecule has 0 spiro atoms. The normalized spacial score (nSPS) is 13.3. The first-order valence-corrected chi connectivity index (χ1v) is 5.21. The number of carbonyl (C=O) groups is 3. The number of carbonyl (C=O) groups excluding carboxylic acids is 2. The van der Waals surface area contributed by atoms with Gasteiger partial charge in [0.05, 0.1) is 12.5 Å². The van der Waals surface area contributed by atoms with E-state index < -0.39 is 36.4 Å². The van der Waals surface area contributed by atoms with Crippen LogP contribution < -0.4 is 16.4 Å². The number of carboxylic acids is 1. The second-order valence-electron chi connectivity index (χ2n) is 3.67. The van der Waals surface area contributed by atoms with Gasteiger partial charge in [-0.15, -0.1) is 10.2 Å². The SMILES string of the molecule is CC(NC(=O)N[C@H](CC(N)=O)C(=O)O)c1nn[nH]n1. The van der Waals surface area contributed by atoms with Gasteiger partial charge < -0.3 is 21.5 Å². The summed E-state index contributed by atoms with van der Waals surface area (Å²) in [5, 5.41) is 26.1. The fourth-order valence-corrected chi connectivity index (χ4v) is 1.22. The average Bonchev–Trinajstić information content (AvgIpc) is 2.80. The number of rotatable bonds is 6. The number of urea groups is 1. The van der Waals surface area contributed by atoms with Crippen molar-refractivity contribution in [3.8, 4) is 0 Å².